The van der Waals surface area contributed by atoms with Gasteiger partial charge in [0.25, 0.3) is 0 Å². The molecule has 1 atom stereocenters. The van der Waals surface area contributed by atoms with Gasteiger partial charge in [0.2, 0.25) is 0 Å². The summed E-state index contributed by atoms with van der Waals surface area (Å²) in [5.74, 6) is 2.18. The highest BCUT2D eigenvalue weighted by molar-refractivity contribution is 8.00. The molecule has 0 spiro atoms. The van der Waals surface area contributed by atoms with Crippen LogP contribution in [0.25, 0.3) is 0 Å². The highest BCUT2D eigenvalue weighted by atomic mass is 32.2. The van der Waals surface area contributed by atoms with Gasteiger partial charge in [-0.25, -0.2) is 0 Å². The molecular weight excluding hydrogens is 220 g/mol. The van der Waals surface area contributed by atoms with Crippen molar-refractivity contribution in [2.24, 2.45) is 5.73 Å². The van der Waals surface area contributed by atoms with Crippen LogP contribution < -0.4 is 5.73 Å². The lowest BCUT2D eigenvalue weighted by atomic mass is 10.2. The maximum Gasteiger partial charge on any atom is 0.121 e. The van der Waals surface area contributed by atoms with Gasteiger partial charge in [-0.05, 0) is 12.5 Å². The van der Waals surface area contributed by atoms with Crippen molar-refractivity contribution in [2.45, 2.75) is 31.7 Å². The molecular formula is C12H20N2OS. The van der Waals surface area contributed by atoms with Gasteiger partial charge in [0, 0.05) is 36.2 Å². The minimum Gasteiger partial charge on any atom is -0.468 e. The van der Waals surface area contributed by atoms with Crippen molar-refractivity contribution < 1.29 is 4.42 Å². The van der Waals surface area contributed by atoms with Crippen LogP contribution in [0.3, 0.4) is 0 Å². The van der Waals surface area contributed by atoms with Gasteiger partial charge in [-0.1, -0.05) is 6.92 Å². The van der Waals surface area contributed by atoms with Crippen LogP contribution in [0.15, 0.2) is 16.7 Å². The molecule has 1 aliphatic heterocycles. The molecule has 1 fully saturated rings. The zero-order valence-corrected chi connectivity index (χ0v) is 10.6. The molecule has 0 saturated carbocycles. The molecule has 0 aliphatic carbocycles. The zero-order valence-electron chi connectivity index (χ0n) is 9.82. The topological polar surface area (TPSA) is 42.4 Å². The van der Waals surface area contributed by atoms with Crippen molar-refractivity contribution >= 4 is 11.8 Å². The molecule has 1 aromatic rings. The van der Waals surface area contributed by atoms with E-state index in [-0.39, 0.29) is 0 Å². The summed E-state index contributed by atoms with van der Waals surface area (Å²) in [6.07, 6.45) is 3.00. The van der Waals surface area contributed by atoms with Crippen LogP contribution in [-0.2, 0) is 13.1 Å². The number of thioether (sulfide) groups is 1. The normalized spacial score (nSPS) is 22.5. The molecule has 0 amide bonds. The van der Waals surface area contributed by atoms with Gasteiger partial charge in [0.15, 0.2) is 0 Å². The van der Waals surface area contributed by atoms with Gasteiger partial charge >= 0.3 is 0 Å². The smallest absolute Gasteiger partial charge is 0.121 e. The van der Waals surface area contributed by atoms with Crippen LogP contribution in [0.4, 0.5) is 0 Å². The molecule has 0 bridgehead atoms. The molecule has 2 heterocycles. The third-order valence-electron chi connectivity index (χ3n) is 3.10. The SMILES string of the molecule is CCC1CN(Cc2ccoc2CN)CCS1. The second kappa shape index (κ2) is 5.75. The monoisotopic (exact) mass is 240 g/mol. The Hall–Kier alpha value is -0.450. The van der Waals surface area contributed by atoms with Crippen molar-refractivity contribution in [3.05, 3.63) is 23.7 Å². The van der Waals surface area contributed by atoms with Crippen molar-refractivity contribution in [1.29, 1.82) is 0 Å². The number of rotatable bonds is 4. The third kappa shape index (κ3) is 2.81. The Labute approximate surface area is 101 Å². The Morgan fingerprint density at radius 3 is 3.25 bits per heavy atom. The van der Waals surface area contributed by atoms with Gasteiger partial charge in [-0.3, -0.25) is 4.90 Å². The molecule has 1 aliphatic rings. The lowest BCUT2D eigenvalue weighted by molar-refractivity contribution is 0.271. The van der Waals surface area contributed by atoms with Crippen molar-refractivity contribution in [2.75, 3.05) is 18.8 Å². The summed E-state index contributed by atoms with van der Waals surface area (Å²) in [6, 6.07) is 2.05. The van der Waals surface area contributed by atoms with Gasteiger partial charge in [0.05, 0.1) is 12.8 Å². The van der Waals surface area contributed by atoms with Crippen LogP contribution in [-0.4, -0.2) is 29.0 Å². The Bertz CT molecular complexity index is 327. The molecule has 90 valence electrons. The first-order valence-electron chi connectivity index (χ1n) is 5.92. The van der Waals surface area contributed by atoms with E-state index in [0.717, 1.165) is 17.6 Å². The lowest BCUT2D eigenvalue weighted by Crippen LogP contribution is -2.37. The molecule has 2 N–H and O–H groups in total. The molecule has 1 saturated heterocycles. The van der Waals surface area contributed by atoms with E-state index >= 15 is 0 Å². The highest BCUT2D eigenvalue weighted by Gasteiger charge is 2.20. The molecule has 16 heavy (non-hydrogen) atoms. The second-order valence-electron chi connectivity index (χ2n) is 4.21. The quantitative estimate of drug-likeness (QED) is 0.875. The van der Waals surface area contributed by atoms with Crippen LogP contribution in [0.2, 0.25) is 0 Å². The number of hydrogen-bond donors (Lipinski definition) is 1. The van der Waals surface area contributed by atoms with Gasteiger partial charge < -0.3 is 10.2 Å². The summed E-state index contributed by atoms with van der Waals surface area (Å²) in [5.41, 5.74) is 6.89. The fourth-order valence-corrected chi connectivity index (χ4v) is 3.35. The van der Waals surface area contributed by atoms with Crippen LogP contribution in [0, 0.1) is 0 Å². The summed E-state index contributed by atoms with van der Waals surface area (Å²) >= 11 is 2.10. The van der Waals surface area contributed by atoms with E-state index in [1.165, 1.54) is 30.8 Å². The average Bonchev–Trinajstić information content (AvgIpc) is 2.76. The van der Waals surface area contributed by atoms with E-state index in [2.05, 4.69) is 23.6 Å². The van der Waals surface area contributed by atoms with Crippen molar-refractivity contribution in [3.63, 3.8) is 0 Å². The predicted molar refractivity (Wildman–Crippen MR) is 68.4 cm³/mol. The summed E-state index contributed by atoms with van der Waals surface area (Å²) in [4.78, 5) is 2.51. The van der Waals surface area contributed by atoms with Crippen LogP contribution in [0.5, 0.6) is 0 Å². The Balaban J connectivity index is 1.93. The Morgan fingerprint density at radius 1 is 1.62 bits per heavy atom. The highest BCUT2D eigenvalue weighted by Crippen LogP contribution is 2.23. The van der Waals surface area contributed by atoms with E-state index in [9.17, 15) is 0 Å². The molecule has 3 nitrogen and oxygen atoms in total. The first-order chi connectivity index (χ1) is 7.83. The maximum absolute atomic E-state index is 5.64. The van der Waals surface area contributed by atoms with Gasteiger partial charge in [0.1, 0.15) is 5.76 Å². The Kier molecular flexibility index (Phi) is 4.32. The molecule has 2 rings (SSSR count). The first-order valence-corrected chi connectivity index (χ1v) is 6.97. The molecule has 4 heteroatoms. The largest absolute Gasteiger partial charge is 0.468 e. The number of nitrogens with two attached hydrogens (primary N) is 1. The second-order valence-corrected chi connectivity index (χ2v) is 5.62. The van der Waals surface area contributed by atoms with Crippen LogP contribution >= 0.6 is 11.8 Å². The number of hydrogen-bond acceptors (Lipinski definition) is 4. The molecule has 1 unspecified atom stereocenters. The molecule has 0 aromatic carbocycles. The molecule has 1 aromatic heterocycles. The maximum atomic E-state index is 5.64. The van der Waals surface area contributed by atoms with Crippen molar-refractivity contribution in [1.82, 2.24) is 4.90 Å². The van der Waals surface area contributed by atoms with E-state index in [1.807, 2.05) is 6.07 Å². The third-order valence-corrected chi connectivity index (χ3v) is 4.47. The predicted octanol–water partition coefficient (Wildman–Crippen LogP) is 2.07. The minimum absolute atomic E-state index is 0.502. The zero-order chi connectivity index (χ0) is 11.4. The average molecular weight is 240 g/mol. The van der Waals surface area contributed by atoms with E-state index in [1.54, 1.807) is 6.26 Å². The summed E-state index contributed by atoms with van der Waals surface area (Å²) in [6.45, 7) is 6.12. The fraction of sp³-hybridized carbons (Fsp3) is 0.667. The number of furan rings is 1. The van der Waals surface area contributed by atoms with Crippen molar-refractivity contribution in [3.8, 4) is 0 Å². The van der Waals surface area contributed by atoms with E-state index < -0.39 is 0 Å². The summed E-state index contributed by atoms with van der Waals surface area (Å²) in [5, 5.41) is 0.793. The van der Waals surface area contributed by atoms with E-state index in [0.29, 0.717) is 6.54 Å². The van der Waals surface area contributed by atoms with E-state index in [4.69, 9.17) is 10.2 Å². The fourth-order valence-electron chi connectivity index (χ4n) is 2.10. The number of nitrogens with zero attached hydrogens (tertiary/aromatic N) is 1. The first kappa shape index (κ1) is 12.0. The summed E-state index contributed by atoms with van der Waals surface area (Å²) < 4.78 is 5.35. The van der Waals surface area contributed by atoms with Gasteiger partial charge in [-0.2, -0.15) is 11.8 Å². The van der Waals surface area contributed by atoms with Gasteiger partial charge in [-0.15, -0.1) is 0 Å². The minimum atomic E-state index is 0.502. The van der Waals surface area contributed by atoms with Crippen LogP contribution in [0.1, 0.15) is 24.7 Å². The standard InChI is InChI=1S/C12H20N2OS/c1-2-11-9-14(4-6-16-11)8-10-3-5-15-12(10)7-13/h3,5,11H,2,4,6-9,13H2,1H3. The lowest BCUT2D eigenvalue weighted by Gasteiger charge is -2.31. The summed E-state index contributed by atoms with van der Waals surface area (Å²) in [7, 11) is 0. The Morgan fingerprint density at radius 2 is 2.50 bits per heavy atom. The molecule has 0 radical (unpaired) electrons.